The van der Waals surface area contributed by atoms with Gasteiger partial charge in [0.15, 0.2) is 4.80 Å². The van der Waals surface area contributed by atoms with E-state index in [2.05, 4.69) is 53.1 Å². The first-order valence-corrected chi connectivity index (χ1v) is 6.30. The highest BCUT2D eigenvalue weighted by atomic mass is 32.1. The van der Waals surface area contributed by atoms with E-state index in [0.717, 1.165) is 4.80 Å². The molecule has 0 aliphatic rings. The third-order valence-corrected chi connectivity index (χ3v) is 3.47. The van der Waals surface area contributed by atoms with Crippen molar-refractivity contribution >= 4 is 11.3 Å². The smallest absolute Gasteiger partial charge is 0.189 e. The lowest BCUT2D eigenvalue weighted by molar-refractivity contribution is 0.770. The lowest BCUT2D eigenvalue weighted by atomic mass is 10.1. The number of thiazole rings is 1. The van der Waals surface area contributed by atoms with E-state index in [1.807, 2.05) is 13.1 Å². The summed E-state index contributed by atoms with van der Waals surface area (Å²) in [6.45, 7) is 4.42. The SMILES string of the molecule is CN=c1scc(C(C)C)n1-c1ccccc1. The van der Waals surface area contributed by atoms with Crippen LogP contribution in [0.4, 0.5) is 0 Å². The predicted molar refractivity (Wildman–Crippen MR) is 69.2 cm³/mol. The van der Waals surface area contributed by atoms with E-state index < -0.39 is 0 Å². The lowest BCUT2D eigenvalue weighted by Crippen LogP contribution is -2.15. The number of benzene rings is 1. The van der Waals surface area contributed by atoms with E-state index in [1.165, 1.54) is 11.4 Å². The quantitative estimate of drug-likeness (QED) is 0.756. The molecule has 84 valence electrons. The van der Waals surface area contributed by atoms with Crippen molar-refractivity contribution in [1.29, 1.82) is 0 Å². The van der Waals surface area contributed by atoms with Crippen molar-refractivity contribution in [3.8, 4) is 5.69 Å². The summed E-state index contributed by atoms with van der Waals surface area (Å²) in [5.74, 6) is 0.506. The van der Waals surface area contributed by atoms with Crippen LogP contribution in [-0.4, -0.2) is 11.6 Å². The van der Waals surface area contributed by atoms with Crippen molar-refractivity contribution in [3.05, 3.63) is 46.2 Å². The molecule has 0 aliphatic carbocycles. The van der Waals surface area contributed by atoms with E-state index in [-0.39, 0.29) is 0 Å². The van der Waals surface area contributed by atoms with Crippen molar-refractivity contribution in [2.75, 3.05) is 7.05 Å². The second kappa shape index (κ2) is 4.66. The van der Waals surface area contributed by atoms with Gasteiger partial charge in [0, 0.05) is 23.8 Å². The van der Waals surface area contributed by atoms with Crippen LogP contribution < -0.4 is 4.80 Å². The van der Waals surface area contributed by atoms with Crippen LogP contribution >= 0.6 is 11.3 Å². The van der Waals surface area contributed by atoms with Crippen LogP contribution in [0.25, 0.3) is 5.69 Å². The molecule has 0 spiro atoms. The van der Waals surface area contributed by atoms with Gasteiger partial charge in [-0.15, -0.1) is 11.3 Å². The van der Waals surface area contributed by atoms with Crippen molar-refractivity contribution < 1.29 is 0 Å². The minimum absolute atomic E-state index is 0.506. The van der Waals surface area contributed by atoms with Crippen molar-refractivity contribution in [2.45, 2.75) is 19.8 Å². The van der Waals surface area contributed by atoms with Crippen molar-refractivity contribution in [1.82, 2.24) is 4.57 Å². The van der Waals surface area contributed by atoms with Crippen LogP contribution in [0.15, 0.2) is 40.7 Å². The Morgan fingerprint density at radius 1 is 1.19 bits per heavy atom. The molecule has 1 heterocycles. The van der Waals surface area contributed by atoms with Gasteiger partial charge < -0.3 is 0 Å². The van der Waals surface area contributed by atoms with E-state index in [4.69, 9.17) is 0 Å². The second-order valence-electron chi connectivity index (χ2n) is 3.99. The van der Waals surface area contributed by atoms with Gasteiger partial charge >= 0.3 is 0 Å². The summed E-state index contributed by atoms with van der Waals surface area (Å²) in [6, 6.07) is 10.4. The number of hydrogen-bond acceptors (Lipinski definition) is 2. The van der Waals surface area contributed by atoms with Crippen LogP contribution in [0.2, 0.25) is 0 Å². The Kier molecular flexibility index (Phi) is 3.25. The molecule has 0 N–H and O–H groups in total. The van der Waals surface area contributed by atoms with Crippen molar-refractivity contribution in [3.63, 3.8) is 0 Å². The summed E-state index contributed by atoms with van der Waals surface area (Å²) in [4.78, 5) is 5.38. The van der Waals surface area contributed by atoms with E-state index in [9.17, 15) is 0 Å². The third-order valence-electron chi connectivity index (χ3n) is 2.53. The summed E-state index contributed by atoms with van der Waals surface area (Å²) in [5.41, 5.74) is 2.50. The monoisotopic (exact) mass is 232 g/mol. The summed E-state index contributed by atoms with van der Waals surface area (Å²) >= 11 is 1.70. The standard InChI is InChI=1S/C13H16N2S/c1-10(2)12-9-16-13(14-3)15(12)11-7-5-4-6-8-11/h4-10H,1-3H3. The Morgan fingerprint density at radius 2 is 1.88 bits per heavy atom. The Hall–Kier alpha value is -1.35. The zero-order chi connectivity index (χ0) is 11.5. The fourth-order valence-electron chi connectivity index (χ4n) is 1.71. The minimum atomic E-state index is 0.506. The minimum Gasteiger partial charge on any atom is -0.290 e. The highest BCUT2D eigenvalue weighted by Gasteiger charge is 2.09. The lowest BCUT2D eigenvalue weighted by Gasteiger charge is -2.11. The summed E-state index contributed by atoms with van der Waals surface area (Å²) < 4.78 is 2.23. The molecule has 0 atom stereocenters. The van der Waals surface area contributed by atoms with Crippen LogP contribution in [0.1, 0.15) is 25.5 Å². The molecule has 1 aromatic carbocycles. The normalized spacial score (nSPS) is 12.4. The zero-order valence-electron chi connectivity index (χ0n) is 9.84. The van der Waals surface area contributed by atoms with E-state index in [1.54, 1.807) is 11.3 Å². The number of hydrogen-bond donors (Lipinski definition) is 0. The van der Waals surface area contributed by atoms with Gasteiger partial charge in [0.2, 0.25) is 0 Å². The summed E-state index contributed by atoms with van der Waals surface area (Å²) in [7, 11) is 1.84. The molecule has 0 fully saturated rings. The topological polar surface area (TPSA) is 17.3 Å². The zero-order valence-corrected chi connectivity index (χ0v) is 10.7. The maximum atomic E-state index is 4.33. The number of para-hydroxylation sites is 1. The molecule has 2 nitrogen and oxygen atoms in total. The molecule has 2 rings (SSSR count). The van der Waals surface area contributed by atoms with Crippen LogP contribution in [-0.2, 0) is 0 Å². The first-order valence-electron chi connectivity index (χ1n) is 5.42. The van der Waals surface area contributed by atoms with Crippen molar-refractivity contribution in [2.24, 2.45) is 4.99 Å². The fourth-order valence-corrected chi connectivity index (χ4v) is 2.74. The first-order chi connectivity index (χ1) is 7.74. The average Bonchev–Trinajstić information content (AvgIpc) is 2.73. The molecule has 2 aromatic rings. The number of rotatable bonds is 2. The Labute approximate surface area is 99.9 Å². The van der Waals surface area contributed by atoms with Gasteiger partial charge in [0.1, 0.15) is 0 Å². The predicted octanol–water partition coefficient (Wildman–Crippen LogP) is 3.19. The van der Waals surface area contributed by atoms with E-state index in [0.29, 0.717) is 5.92 Å². The number of nitrogens with zero attached hydrogens (tertiary/aromatic N) is 2. The van der Waals surface area contributed by atoms with Gasteiger partial charge in [-0.1, -0.05) is 32.0 Å². The molecule has 16 heavy (non-hydrogen) atoms. The van der Waals surface area contributed by atoms with E-state index >= 15 is 0 Å². The summed E-state index contributed by atoms with van der Waals surface area (Å²) in [6.07, 6.45) is 0. The van der Waals surface area contributed by atoms with Gasteiger partial charge in [-0.05, 0) is 18.1 Å². The van der Waals surface area contributed by atoms with Crippen LogP contribution in [0.3, 0.4) is 0 Å². The fraction of sp³-hybridized carbons (Fsp3) is 0.308. The molecule has 0 bridgehead atoms. The molecule has 3 heteroatoms. The third kappa shape index (κ3) is 1.95. The largest absolute Gasteiger partial charge is 0.290 e. The first kappa shape index (κ1) is 11.1. The molecular weight excluding hydrogens is 216 g/mol. The van der Waals surface area contributed by atoms with Gasteiger partial charge in [0.25, 0.3) is 0 Å². The molecule has 0 saturated carbocycles. The van der Waals surface area contributed by atoms with Gasteiger partial charge in [-0.2, -0.15) is 0 Å². The molecule has 0 saturated heterocycles. The molecule has 0 aliphatic heterocycles. The Balaban J connectivity index is 2.67. The van der Waals surface area contributed by atoms with Crippen LogP contribution in [0, 0.1) is 0 Å². The second-order valence-corrected chi connectivity index (χ2v) is 4.83. The van der Waals surface area contributed by atoms with Crippen LogP contribution in [0.5, 0.6) is 0 Å². The maximum absolute atomic E-state index is 4.33. The molecule has 0 radical (unpaired) electrons. The highest BCUT2D eigenvalue weighted by molar-refractivity contribution is 7.07. The van der Waals surface area contributed by atoms with Gasteiger partial charge in [0.05, 0.1) is 0 Å². The average molecular weight is 232 g/mol. The Morgan fingerprint density at radius 3 is 2.44 bits per heavy atom. The summed E-state index contributed by atoms with van der Waals surface area (Å²) in [5, 5.41) is 2.19. The number of aromatic nitrogens is 1. The molecular formula is C13H16N2S. The molecule has 1 aromatic heterocycles. The Bertz CT molecular complexity index is 520. The van der Waals surface area contributed by atoms with Gasteiger partial charge in [-0.25, -0.2) is 0 Å². The van der Waals surface area contributed by atoms with Gasteiger partial charge in [-0.3, -0.25) is 9.56 Å². The molecule has 0 amide bonds. The molecule has 0 unspecified atom stereocenters. The maximum Gasteiger partial charge on any atom is 0.189 e. The highest BCUT2D eigenvalue weighted by Crippen LogP contribution is 2.19.